The molecule has 0 radical (unpaired) electrons. The molecule has 40 heavy (non-hydrogen) atoms. The van der Waals surface area contributed by atoms with Crippen LogP contribution < -0.4 is 4.74 Å². The molecule has 0 aliphatic carbocycles. The third-order valence-electron chi connectivity index (χ3n) is 9.56. The summed E-state index contributed by atoms with van der Waals surface area (Å²) in [6.45, 7) is 8.99. The molecule has 2 unspecified atom stereocenters. The number of fused-ring (bicyclic) bond motifs is 1. The molecule has 6 nitrogen and oxygen atoms in total. The Bertz CT molecular complexity index is 1170. The van der Waals surface area contributed by atoms with E-state index in [0.29, 0.717) is 30.4 Å². The second-order valence-electron chi connectivity index (χ2n) is 12.2. The highest BCUT2D eigenvalue weighted by atomic mass is 16.5. The molecule has 3 heterocycles. The smallest absolute Gasteiger partial charge is 0.222 e. The maximum Gasteiger partial charge on any atom is 0.222 e. The van der Waals surface area contributed by atoms with Gasteiger partial charge in [-0.2, -0.15) is 5.26 Å². The molecule has 2 aromatic carbocycles. The first-order valence-corrected chi connectivity index (χ1v) is 15.5. The van der Waals surface area contributed by atoms with E-state index in [0.717, 1.165) is 70.7 Å². The number of ether oxygens (including phenoxy) is 1. The van der Waals surface area contributed by atoms with Gasteiger partial charge in [0, 0.05) is 44.1 Å². The third-order valence-corrected chi connectivity index (χ3v) is 9.56. The SMILES string of the molecule is CCCC(=O)N1CCCCC1C1(C2CCN(CCCOc3ccc(C#N)cc3)CC2)CN(C)Cc2ccccc21. The largest absolute Gasteiger partial charge is 0.494 e. The van der Waals surface area contributed by atoms with Crippen molar-refractivity contribution in [2.75, 3.05) is 46.4 Å². The van der Waals surface area contributed by atoms with Crippen molar-refractivity contribution in [3.8, 4) is 11.8 Å². The summed E-state index contributed by atoms with van der Waals surface area (Å²) < 4.78 is 5.93. The molecule has 2 atom stereocenters. The first-order chi connectivity index (χ1) is 19.5. The van der Waals surface area contributed by atoms with Crippen molar-refractivity contribution in [3.05, 3.63) is 65.2 Å². The number of carbonyl (C=O) groups excluding carboxylic acids is 1. The Hall–Kier alpha value is -2.88. The summed E-state index contributed by atoms with van der Waals surface area (Å²) >= 11 is 0. The Morgan fingerprint density at radius 2 is 1.82 bits per heavy atom. The summed E-state index contributed by atoms with van der Waals surface area (Å²) in [6, 6.07) is 18.9. The molecule has 0 spiro atoms. The van der Waals surface area contributed by atoms with Gasteiger partial charge in [-0.15, -0.1) is 0 Å². The highest BCUT2D eigenvalue weighted by Crippen LogP contribution is 2.49. The molecular weight excluding hydrogens is 496 g/mol. The summed E-state index contributed by atoms with van der Waals surface area (Å²) in [5, 5.41) is 8.98. The van der Waals surface area contributed by atoms with Gasteiger partial charge in [-0.05, 0) is 106 Å². The first-order valence-electron chi connectivity index (χ1n) is 15.5. The molecule has 2 aromatic rings. The van der Waals surface area contributed by atoms with E-state index in [1.54, 1.807) is 12.1 Å². The maximum absolute atomic E-state index is 13.5. The molecule has 6 heteroatoms. The molecule has 1 amide bonds. The zero-order valence-electron chi connectivity index (χ0n) is 24.5. The lowest BCUT2D eigenvalue weighted by atomic mass is 9.58. The Morgan fingerprint density at radius 3 is 2.58 bits per heavy atom. The quantitative estimate of drug-likeness (QED) is 0.386. The Morgan fingerprint density at radius 1 is 1.05 bits per heavy atom. The molecule has 0 saturated carbocycles. The average Bonchev–Trinajstić information content (AvgIpc) is 2.99. The van der Waals surface area contributed by atoms with Gasteiger partial charge < -0.3 is 19.4 Å². The summed E-state index contributed by atoms with van der Waals surface area (Å²) in [4.78, 5) is 20.9. The van der Waals surface area contributed by atoms with Gasteiger partial charge in [-0.1, -0.05) is 31.2 Å². The number of likely N-dealkylation sites (tertiary alicyclic amines) is 2. The minimum Gasteiger partial charge on any atom is -0.494 e. The lowest BCUT2D eigenvalue weighted by Crippen LogP contribution is -2.64. The van der Waals surface area contributed by atoms with Crippen LogP contribution in [0.15, 0.2) is 48.5 Å². The number of hydrogen-bond donors (Lipinski definition) is 0. The van der Waals surface area contributed by atoms with Gasteiger partial charge in [0.25, 0.3) is 0 Å². The first kappa shape index (κ1) is 28.6. The van der Waals surface area contributed by atoms with Gasteiger partial charge in [-0.25, -0.2) is 0 Å². The highest BCUT2D eigenvalue weighted by molar-refractivity contribution is 5.77. The van der Waals surface area contributed by atoms with Crippen LogP contribution in [0.5, 0.6) is 5.75 Å². The van der Waals surface area contributed by atoms with Crippen LogP contribution in [0, 0.1) is 17.2 Å². The topological polar surface area (TPSA) is 59.8 Å². The van der Waals surface area contributed by atoms with E-state index in [-0.39, 0.29) is 11.5 Å². The number of rotatable bonds is 9. The molecular formula is C34H46N4O2. The molecule has 5 rings (SSSR count). The summed E-state index contributed by atoms with van der Waals surface area (Å²) in [6.07, 6.45) is 8.37. The Labute approximate surface area is 240 Å². The normalized spacial score (nSPS) is 24.3. The molecule has 214 valence electrons. The second-order valence-corrected chi connectivity index (χ2v) is 12.2. The predicted molar refractivity (Wildman–Crippen MR) is 159 cm³/mol. The number of nitriles is 1. The van der Waals surface area contributed by atoms with Crippen LogP contribution in [0.4, 0.5) is 0 Å². The van der Waals surface area contributed by atoms with Crippen molar-refractivity contribution in [1.29, 1.82) is 5.26 Å². The van der Waals surface area contributed by atoms with Crippen molar-refractivity contribution < 1.29 is 9.53 Å². The minimum atomic E-state index is -0.0157. The summed E-state index contributed by atoms with van der Waals surface area (Å²) in [5.74, 6) is 1.74. The molecule has 3 aliphatic rings. The standard InChI is InChI=1S/C34H46N4O2/c1-3-9-33(39)38-20-7-6-12-32(38)34(26-36(2)25-28-10-4-5-11-31(28)34)29-17-21-37(22-18-29)19-8-23-40-30-15-13-27(24-35)14-16-30/h4-5,10-11,13-16,29,32H,3,6-9,12,17-23,25-26H2,1-2H3. The minimum absolute atomic E-state index is 0.0157. The second kappa shape index (κ2) is 13.2. The number of likely N-dealkylation sites (N-methyl/N-ethyl adjacent to an activating group) is 1. The van der Waals surface area contributed by atoms with E-state index in [1.165, 1.54) is 30.4 Å². The van der Waals surface area contributed by atoms with E-state index < -0.39 is 0 Å². The summed E-state index contributed by atoms with van der Waals surface area (Å²) in [7, 11) is 2.27. The van der Waals surface area contributed by atoms with E-state index in [2.05, 4.69) is 59.0 Å². The van der Waals surface area contributed by atoms with Crippen molar-refractivity contribution in [2.24, 2.45) is 5.92 Å². The molecule has 0 aromatic heterocycles. The zero-order chi connectivity index (χ0) is 28.0. The summed E-state index contributed by atoms with van der Waals surface area (Å²) in [5.41, 5.74) is 3.61. The highest BCUT2D eigenvalue weighted by Gasteiger charge is 2.53. The van der Waals surface area contributed by atoms with Gasteiger partial charge in [0.15, 0.2) is 0 Å². The Kier molecular flexibility index (Phi) is 9.44. The number of piperidine rings is 2. The Balaban J connectivity index is 1.29. The molecule has 2 saturated heterocycles. The third kappa shape index (κ3) is 6.06. The zero-order valence-corrected chi connectivity index (χ0v) is 24.5. The monoisotopic (exact) mass is 542 g/mol. The van der Waals surface area contributed by atoms with Gasteiger partial charge >= 0.3 is 0 Å². The lowest BCUT2D eigenvalue weighted by Gasteiger charge is -2.57. The number of nitrogens with zero attached hydrogens (tertiary/aromatic N) is 4. The number of amides is 1. The van der Waals surface area contributed by atoms with Crippen molar-refractivity contribution in [3.63, 3.8) is 0 Å². The van der Waals surface area contributed by atoms with Gasteiger partial charge in [-0.3, -0.25) is 4.79 Å². The van der Waals surface area contributed by atoms with Gasteiger partial charge in [0.1, 0.15) is 5.75 Å². The lowest BCUT2D eigenvalue weighted by molar-refractivity contribution is -0.139. The average molecular weight is 543 g/mol. The number of benzene rings is 2. The fraction of sp³-hybridized carbons (Fsp3) is 0.588. The van der Waals surface area contributed by atoms with Crippen LogP contribution in [0.1, 0.15) is 75.0 Å². The van der Waals surface area contributed by atoms with E-state index in [4.69, 9.17) is 10.00 Å². The van der Waals surface area contributed by atoms with Crippen LogP contribution in [0.25, 0.3) is 0 Å². The fourth-order valence-electron chi connectivity index (χ4n) is 7.80. The predicted octanol–water partition coefficient (Wildman–Crippen LogP) is 5.60. The van der Waals surface area contributed by atoms with Crippen LogP contribution in [-0.2, 0) is 16.8 Å². The fourth-order valence-corrected chi connectivity index (χ4v) is 7.80. The van der Waals surface area contributed by atoms with Crippen molar-refractivity contribution in [2.45, 2.75) is 76.3 Å². The molecule has 0 N–H and O–H groups in total. The van der Waals surface area contributed by atoms with E-state index >= 15 is 0 Å². The number of carbonyl (C=O) groups is 1. The van der Waals surface area contributed by atoms with Crippen molar-refractivity contribution >= 4 is 5.91 Å². The van der Waals surface area contributed by atoms with Crippen LogP contribution in [0.3, 0.4) is 0 Å². The van der Waals surface area contributed by atoms with E-state index in [9.17, 15) is 4.79 Å². The maximum atomic E-state index is 13.5. The molecule has 3 aliphatic heterocycles. The van der Waals surface area contributed by atoms with E-state index in [1.807, 2.05) is 12.1 Å². The van der Waals surface area contributed by atoms with Gasteiger partial charge in [0.05, 0.1) is 18.2 Å². The van der Waals surface area contributed by atoms with Crippen LogP contribution in [-0.4, -0.2) is 73.0 Å². The van der Waals surface area contributed by atoms with Crippen LogP contribution in [0.2, 0.25) is 0 Å². The van der Waals surface area contributed by atoms with Crippen molar-refractivity contribution in [1.82, 2.24) is 14.7 Å². The molecule has 0 bridgehead atoms. The van der Waals surface area contributed by atoms with Crippen LogP contribution >= 0.6 is 0 Å². The molecule has 2 fully saturated rings. The number of hydrogen-bond acceptors (Lipinski definition) is 5. The van der Waals surface area contributed by atoms with Gasteiger partial charge in [0.2, 0.25) is 5.91 Å².